The van der Waals surface area contributed by atoms with Crippen molar-refractivity contribution in [2.24, 2.45) is 5.92 Å². The fourth-order valence-electron chi connectivity index (χ4n) is 7.76. The number of halogens is 3. The van der Waals surface area contributed by atoms with Gasteiger partial charge in [0, 0.05) is 48.2 Å². The molecule has 0 aliphatic carbocycles. The lowest BCUT2D eigenvalue weighted by Gasteiger charge is -2.46. The summed E-state index contributed by atoms with van der Waals surface area (Å²) in [6, 6.07) is 4.37. The first kappa shape index (κ1) is 34.5. The summed E-state index contributed by atoms with van der Waals surface area (Å²) in [5.74, 6) is -1.74. The molecule has 2 aromatic rings. The first-order valence-corrected chi connectivity index (χ1v) is 18.8. The van der Waals surface area contributed by atoms with Crippen LogP contribution in [0.25, 0.3) is 6.08 Å². The molecule has 47 heavy (non-hydrogen) atoms. The van der Waals surface area contributed by atoms with Crippen molar-refractivity contribution >= 4 is 42.1 Å². The second kappa shape index (κ2) is 13.9. The highest BCUT2D eigenvalue weighted by Gasteiger charge is 2.46. The molecular formula is C36H49F3N6S2. The van der Waals surface area contributed by atoms with Gasteiger partial charge in [-0.1, -0.05) is 50.5 Å². The lowest BCUT2D eigenvalue weighted by atomic mass is 9.83. The van der Waals surface area contributed by atoms with Gasteiger partial charge in [0.2, 0.25) is 0 Å². The molecule has 2 fully saturated rings. The average Bonchev–Trinajstić information content (AvgIpc) is 3.05. The molecule has 0 saturated carbocycles. The van der Waals surface area contributed by atoms with E-state index in [9.17, 15) is 0 Å². The number of fused-ring (bicyclic) bond motifs is 10. The maximum atomic E-state index is 16.0. The van der Waals surface area contributed by atoms with E-state index in [1.807, 2.05) is 11.8 Å². The number of thioether (sulfide) groups is 1. The number of rotatable bonds is 1. The van der Waals surface area contributed by atoms with Crippen LogP contribution in [0.1, 0.15) is 88.8 Å². The number of anilines is 2. The van der Waals surface area contributed by atoms with Crippen LogP contribution in [-0.4, -0.2) is 67.9 Å². The first-order chi connectivity index (χ1) is 22.4. The van der Waals surface area contributed by atoms with Gasteiger partial charge in [0.1, 0.15) is 23.8 Å². The van der Waals surface area contributed by atoms with Crippen LogP contribution in [0.4, 0.5) is 24.8 Å². The number of piperidine rings is 1. The number of benzene rings is 1. The van der Waals surface area contributed by atoms with Crippen molar-refractivity contribution in [3.8, 4) is 0 Å². The lowest BCUT2D eigenvalue weighted by molar-refractivity contribution is -0.0959. The van der Waals surface area contributed by atoms with Gasteiger partial charge in [0.05, 0.1) is 27.4 Å². The van der Waals surface area contributed by atoms with E-state index in [2.05, 4.69) is 58.4 Å². The molecule has 1 unspecified atom stereocenters. The molecule has 1 atom stereocenters. The van der Waals surface area contributed by atoms with Gasteiger partial charge >= 0.3 is 0 Å². The van der Waals surface area contributed by atoms with E-state index >= 15 is 13.2 Å². The highest BCUT2D eigenvalue weighted by Crippen LogP contribution is 2.46. The van der Waals surface area contributed by atoms with Gasteiger partial charge in [-0.15, -0.1) is 0 Å². The van der Waals surface area contributed by atoms with Crippen LogP contribution in [0.2, 0.25) is 0 Å². The molecule has 2 saturated heterocycles. The summed E-state index contributed by atoms with van der Waals surface area (Å²) in [4.78, 5) is 15.6. The van der Waals surface area contributed by atoms with E-state index in [0.717, 1.165) is 80.1 Å². The van der Waals surface area contributed by atoms with Crippen molar-refractivity contribution in [1.82, 2.24) is 19.8 Å². The van der Waals surface area contributed by atoms with Crippen molar-refractivity contribution in [3.05, 3.63) is 65.0 Å². The number of alkyl halides is 2. The first-order valence-electron chi connectivity index (χ1n) is 17.2. The largest absolute Gasteiger partial charge is 0.368 e. The van der Waals surface area contributed by atoms with E-state index in [1.165, 1.54) is 12.4 Å². The summed E-state index contributed by atoms with van der Waals surface area (Å²) in [6.45, 7) is 14.2. The molecule has 11 heteroatoms. The van der Waals surface area contributed by atoms with Crippen LogP contribution in [-0.2, 0) is 12.5 Å². The Morgan fingerprint density at radius 2 is 1.68 bits per heavy atom. The van der Waals surface area contributed by atoms with Gasteiger partial charge in [0.25, 0.3) is 5.92 Å². The Kier molecular flexibility index (Phi) is 10.2. The van der Waals surface area contributed by atoms with Crippen molar-refractivity contribution in [2.75, 3.05) is 47.9 Å². The van der Waals surface area contributed by atoms with Crippen LogP contribution < -0.4 is 10.2 Å². The molecule has 6 heterocycles. The van der Waals surface area contributed by atoms with E-state index in [-0.39, 0.29) is 17.6 Å². The van der Waals surface area contributed by atoms with Gasteiger partial charge in [-0.05, 0) is 65.6 Å². The van der Waals surface area contributed by atoms with Crippen LogP contribution in [0.5, 0.6) is 0 Å². The molecular weight excluding hydrogens is 638 g/mol. The zero-order valence-electron chi connectivity index (χ0n) is 28.0. The smallest absolute Gasteiger partial charge is 0.278 e. The molecule has 5 aliphatic heterocycles. The minimum atomic E-state index is -3.26. The Hall–Kier alpha value is -2.37. The summed E-state index contributed by atoms with van der Waals surface area (Å²) in [5, 5.41) is 3.29. The average molecular weight is 687 g/mol. The van der Waals surface area contributed by atoms with E-state index < -0.39 is 28.1 Å². The van der Waals surface area contributed by atoms with Crippen molar-refractivity contribution in [3.63, 3.8) is 0 Å². The Bertz CT molecular complexity index is 1480. The second-order valence-corrected chi connectivity index (χ2v) is 16.5. The summed E-state index contributed by atoms with van der Waals surface area (Å²) in [7, 11) is 0. The van der Waals surface area contributed by atoms with Gasteiger partial charge in [-0.3, -0.25) is 4.90 Å². The van der Waals surface area contributed by atoms with E-state index in [1.54, 1.807) is 12.1 Å². The topological polar surface area (TPSA) is 47.5 Å². The molecule has 256 valence electrons. The number of thiol groups is 1. The highest BCUT2D eigenvalue weighted by atomic mass is 32.2. The summed E-state index contributed by atoms with van der Waals surface area (Å²) >= 11 is 7.20. The van der Waals surface area contributed by atoms with Crippen LogP contribution >= 0.6 is 24.4 Å². The normalized spacial score (nSPS) is 28.5. The molecule has 7 rings (SSSR count). The van der Waals surface area contributed by atoms with Gasteiger partial charge in [-0.25, -0.2) is 23.1 Å². The van der Waals surface area contributed by atoms with Crippen LogP contribution in [0.15, 0.2) is 42.5 Å². The predicted octanol–water partition coefficient (Wildman–Crippen LogP) is 8.53. The lowest BCUT2D eigenvalue weighted by Crippen LogP contribution is -2.50. The molecule has 5 aliphatic rings. The SMILES string of the molecule is C=C1C(N2CCSCC2)=Cc2c3ncnc2N1C(C)(S)CCCCCCC(C)(C)N1CCC(CC1)C(F)(F)c1cccc(c1F)CN3. The number of aromatic nitrogens is 2. The van der Waals surface area contributed by atoms with Gasteiger partial charge in [-0.2, -0.15) is 24.4 Å². The molecule has 1 aromatic heterocycles. The minimum Gasteiger partial charge on any atom is -0.368 e. The number of hydrogen-bond acceptors (Lipinski definition) is 8. The minimum absolute atomic E-state index is 0.00839. The predicted molar refractivity (Wildman–Crippen MR) is 192 cm³/mol. The summed E-state index contributed by atoms with van der Waals surface area (Å²) < 4.78 is 48.0. The molecule has 8 bridgehead atoms. The Balaban J connectivity index is 1.38. The summed E-state index contributed by atoms with van der Waals surface area (Å²) in [5.41, 5.74) is 2.22. The quantitative estimate of drug-likeness (QED) is 0.292. The molecule has 0 amide bonds. The van der Waals surface area contributed by atoms with Gasteiger partial charge in [0.15, 0.2) is 0 Å². The Labute approximate surface area is 288 Å². The van der Waals surface area contributed by atoms with Gasteiger partial charge < -0.3 is 15.1 Å². The Morgan fingerprint density at radius 3 is 2.40 bits per heavy atom. The monoisotopic (exact) mass is 686 g/mol. The second-order valence-electron chi connectivity index (χ2n) is 14.3. The fraction of sp³-hybridized carbons (Fsp3) is 0.611. The summed E-state index contributed by atoms with van der Waals surface area (Å²) in [6.07, 6.45) is 10.4. The van der Waals surface area contributed by atoms with E-state index in [4.69, 9.17) is 17.6 Å². The third-order valence-electron chi connectivity index (χ3n) is 10.7. The number of nitrogens with one attached hydrogen (secondary N) is 1. The zero-order chi connectivity index (χ0) is 33.4. The third-order valence-corrected chi connectivity index (χ3v) is 12.1. The highest BCUT2D eigenvalue weighted by molar-refractivity contribution is 7.99. The van der Waals surface area contributed by atoms with E-state index in [0.29, 0.717) is 37.6 Å². The maximum absolute atomic E-state index is 16.0. The fourth-order valence-corrected chi connectivity index (χ4v) is 9.04. The van der Waals surface area contributed by atoms with Crippen molar-refractivity contribution in [1.29, 1.82) is 0 Å². The maximum Gasteiger partial charge on any atom is 0.278 e. The number of hydrogen-bond donors (Lipinski definition) is 2. The molecule has 1 aromatic carbocycles. The molecule has 1 N–H and O–H groups in total. The Morgan fingerprint density at radius 1 is 0.979 bits per heavy atom. The molecule has 0 spiro atoms. The van der Waals surface area contributed by atoms with Crippen molar-refractivity contribution < 1.29 is 13.2 Å². The third kappa shape index (κ3) is 7.04. The zero-order valence-corrected chi connectivity index (χ0v) is 29.7. The van der Waals surface area contributed by atoms with Crippen LogP contribution in [0.3, 0.4) is 0 Å². The number of nitrogens with zero attached hydrogens (tertiary/aromatic N) is 5. The van der Waals surface area contributed by atoms with Crippen LogP contribution in [0, 0.1) is 11.7 Å². The van der Waals surface area contributed by atoms with Crippen molar-refractivity contribution in [2.45, 2.75) is 95.0 Å². The standard InChI is InChI=1S/C36H49F3N6S2/c1-25-30(43-18-20-47-21-19-43)22-28-32-40-23-26-10-9-11-29(31(26)37)36(38,39)27-12-16-44(17-13-27)34(2,3)14-7-5-6-8-15-35(4,46)45(25)33(28)42-24-41-32/h9-11,22,24,27,46H,1,5-8,12-21,23H2,2-4H3,(H,40,41,42). The molecule has 0 radical (unpaired) electrons. The molecule has 6 nitrogen and oxygen atoms in total.